The molecule has 6 nitrogen and oxygen atoms in total. The lowest BCUT2D eigenvalue weighted by Crippen LogP contribution is -2.43. The molecule has 0 unspecified atom stereocenters. The lowest BCUT2D eigenvalue weighted by atomic mass is 10.1. The highest BCUT2D eigenvalue weighted by Crippen LogP contribution is 2.16. The Morgan fingerprint density at radius 1 is 1.17 bits per heavy atom. The molecule has 2 heterocycles. The maximum atomic E-state index is 12.7. The summed E-state index contributed by atoms with van der Waals surface area (Å²) in [5, 5.41) is 0.619. The summed E-state index contributed by atoms with van der Waals surface area (Å²) in [6.07, 6.45) is 7.20. The van der Waals surface area contributed by atoms with E-state index in [1.54, 1.807) is 28.0 Å². The van der Waals surface area contributed by atoms with Gasteiger partial charge in [0.1, 0.15) is 0 Å². The van der Waals surface area contributed by atoms with Crippen LogP contribution in [-0.4, -0.2) is 71.2 Å². The molecule has 0 saturated carbocycles. The average molecular weight is 432 g/mol. The molecule has 7 heteroatoms. The zero-order chi connectivity index (χ0) is 21.5. The molecule has 2 aliphatic heterocycles. The number of hydrogen-bond acceptors (Lipinski definition) is 3. The van der Waals surface area contributed by atoms with Crippen molar-refractivity contribution in [2.24, 2.45) is 0 Å². The zero-order valence-corrected chi connectivity index (χ0v) is 18.3. The Balaban J connectivity index is 1.55. The number of amides is 3. The largest absolute Gasteiger partial charge is 0.343 e. The van der Waals surface area contributed by atoms with Gasteiger partial charge in [0.2, 0.25) is 17.7 Å². The van der Waals surface area contributed by atoms with E-state index in [4.69, 9.17) is 11.6 Å². The summed E-state index contributed by atoms with van der Waals surface area (Å²) < 4.78 is 0. The summed E-state index contributed by atoms with van der Waals surface area (Å²) in [6.45, 7) is 4.84. The van der Waals surface area contributed by atoms with Gasteiger partial charge in [0.25, 0.3) is 0 Å². The maximum Gasteiger partial charge on any atom is 0.246 e. The molecule has 0 bridgehead atoms. The first-order chi connectivity index (χ1) is 14.4. The summed E-state index contributed by atoms with van der Waals surface area (Å²) in [4.78, 5) is 43.1. The van der Waals surface area contributed by atoms with Crippen LogP contribution >= 0.6 is 11.6 Å². The zero-order valence-electron chi connectivity index (χ0n) is 17.6. The van der Waals surface area contributed by atoms with Gasteiger partial charge in [-0.25, -0.2) is 0 Å². The number of benzene rings is 1. The maximum absolute atomic E-state index is 12.7. The molecule has 0 aromatic heterocycles. The minimum atomic E-state index is -0.124. The van der Waals surface area contributed by atoms with Gasteiger partial charge in [-0.05, 0) is 50.0 Å². The minimum Gasteiger partial charge on any atom is -0.343 e. The van der Waals surface area contributed by atoms with Crippen LogP contribution in [0.2, 0.25) is 5.02 Å². The molecule has 2 saturated heterocycles. The first kappa shape index (κ1) is 22.3. The summed E-state index contributed by atoms with van der Waals surface area (Å²) >= 11 is 5.99. The number of halogens is 1. The van der Waals surface area contributed by atoms with Crippen LogP contribution in [0, 0.1) is 0 Å². The van der Waals surface area contributed by atoms with E-state index in [0.717, 1.165) is 31.5 Å². The molecule has 2 fully saturated rings. The quantitative estimate of drug-likeness (QED) is 0.672. The van der Waals surface area contributed by atoms with Crippen LogP contribution in [-0.2, 0) is 14.4 Å². The fraction of sp³-hybridized carbons (Fsp3) is 0.522. The molecule has 1 atom stereocenters. The third kappa shape index (κ3) is 6.08. The predicted octanol–water partition coefficient (Wildman–Crippen LogP) is 3.21. The molecule has 1 aromatic rings. The normalized spacial score (nSPS) is 20.5. The lowest BCUT2D eigenvalue weighted by molar-refractivity contribution is -0.134. The van der Waals surface area contributed by atoms with E-state index in [1.807, 2.05) is 24.0 Å². The second kappa shape index (κ2) is 10.6. The number of nitrogens with zero attached hydrogens (tertiary/aromatic N) is 3. The first-order valence-electron chi connectivity index (χ1n) is 10.7. The minimum absolute atomic E-state index is 0.00224. The second-order valence-corrected chi connectivity index (χ2v) is 8.49. The van der Waals surface area contributed by atoms with E-state index >= 15 is 0 Å². The second-order valence-electron chi connectivity index (χ2n) is 8.05. The van der Waals surface area contributed by atoms with Crippen molar-refractivity contribution in [2.45, 2.75) is 45.1 Å². The number of likely N-dealkylation sites (tertiary alicyclic amines) is 1. The van der Waals surface area contributed by atoms with Crippen LogP contribution in [0.1, 0.15) is 44.6 Å². The van der Waals surface area contributed by atoms with Crippen molar-refractivity contribution in [2.75, 3.05) is 32.7 Å². The van der Waals surface area contributed by atoms with E-state index in [-0.39, 0.29) is 30.2 Å². The van der Waals surface area contributed by atoms with Crippen molar-refractivity contribution in [3.05, 3.63) is 40.9 Å². The Morgan fingerprint density at radius 2 is 1.93 bits per heavy atom. The van der Waals surface area contributed by atoms with Crippen molar-refractivity contribution in [3.63, 3.8) is 0 Å². The Labute approximate surface area is 183 Å². The van der Waals surface area contributed by atoms with Crippen molar-refractivity contribution < 1.29 is 14.4 Å². The molecule has 0 N–H and O–H groups in total. The number of hydrogen-bond donors (Lipinski definition) is 0. The molecule has 0 aliphatic carbocycles. The Morgan fingerprint density at radius 3 is 2.67 bits per heavy atom. The van der Waals surface area contributed by atoms with Crippen LogP contribution in [0.3, 0.4) is 0 Å². The summed E-state index contributed by atoms with van der Waals surface area (Å²) in [5.41, 5.74) is 0.854. The van der Waals surface area contributed by atoms with Crippen LogP contribution < -0.4 is 0 Å². The average Bonchev–Trinajstić information content (AvgIpc) is 2.89. The molecule has 0 radical (unpaired) electrons. The summed E-state index contributed by atoms with van der Waals surface area (Å²) in [6, 6.07) is 7.18. The highest BCUT2D eigenvalue weighted by Gasteiger charge is 2.29. The topological polar surface area (TPSA) is 60.9 Å². The van der Waals surface area contributed by atoms with Crippen molar-refractivity contribution in [1.82, 2.24) is 14.7 Å². The van der Waals surface area contributed by atoms with Gasteiger partial charge in [-0.15, -0.1) is 0 Å². The number of rotatable bonds is 5. The Hall–Kier alpha value is -2.34. The smallest absolute Gasteiger partial charge is 0.246 e. The van der Waals surface area contributed by atoms with E-state index in [0.29, 0.717) is 31.1 Å². The van der Waals surface area contributed by atoms with Crippen molar-refractivity contribution in [3.8, 4) is 0 Å². The molecule has 30 heavy (non-hydrogen) atoms. The van der Waals surface area contributed by atoms with E-state index < -0.39 is 0 Å². The van der Waals surface area contributed by atoms with Crippen LogP contribution in [0.15, 0.2) is 30.3 Å². The van der Waals surface area contributed by atoms with Crippen molar-refractivity contribution in [1.29, 1.82) is 0 Å². The molecule has 3 amide bonds. The van der Waals surface area contributed by atoms with E-state index in [1.165, 1.54) is 12.5 Å². The molecular weight excluding hydrogens is 402 g/mol. The Kier molecular flexibility index (Phi) is 7.91. The molecule has 0 spiro atoms. The fourth-order valence-corrected chi connectivity index (χ4v) is 4.26. The van der Waals surface area contributed by atoms with Crippen LogP contribution in [0.25, 0.3) is 6.08 Å². The monoisotopic (exact) mass is 431 g/mol. The molecule has 3 rings (SSSR count). The molecule has 2 aliphatic rings. The standard InChI is InChI=1S/C23H30ClN3O3/c1-18-17-26(14-10-21(28)25-12-3-2-4-13-25)22(29)11-15-27(18)23(30)9-8-19-6-5-7-20(24)16-19/h5-9,16,18H,2-4,10-15,17H2,1H3/t18-/m1/s1. The van der Waals surface area contributed by atoms with Gasteiger partial charge in [-0.1, -0.05) is 23.7 Å². The van der Waals surface area contributed by atoms with Gasteiger partial charge in [0, 0.05) is 62.7 Å². The Bertz CT molecular complexity index is 805. The molecule has 1 aromatic carbocycles. The van der Waals surface area contributed by atoms with Gasteiger partial charge in [0.05, 0.1) is 0 Å². The van der Waals surface area contributed by atoms with Crippen LogP contribution in [0.5, 0.6) is 0 Å². The van der Waals surface area contributed by atoms with E-state index in [9.17, 15) is 14.4 Å². The highest BCUT2D eigenvalue weighted by atomic mass is 35.5. The van der Waals surface area contributed by atoms with Gasteiger partial charge in [-0.3, -0.25) is 14.4 Å². The fourth-order valence-electron chi connectivity index (χ4n) is 4.06. The SMILES string of the molecule is C[C@@H]1CN(CCC(=O)N2CCCCC2)C(=O)CCN1C(=O)C=Cc1cccc(Cl)c1. The third-order valence-electron chi connectivity index (χ3n) is 5.79. The molecular formula is C23H30ClN3O3. The summed E-state index contributed by atoms with van der Waals surface area (Å²) in [7, 11) is 0. The first-order valence-corrected chi connectivity index (χ1v) is 11.1. The number of piperidine rings is 1. The van der Waals surface area contributed by atoms with Gasteiger partial charge in [-0.2, -0.15) is 0 Å². The van der Waals surface area contributed by atoms with Gasteiger partial charge in [0.15, 0.2) is 0 Å². The summed E-state index contributed by atoms with van der Waals surface area (Å²) in [5.74, 6) is 0.000668. The predicted molar refractivity (Wildman–Crippen MR) is 118 cm³/mol. The van der Waals surface area contributed by atoms with Crippen LogP contribution in [0.4, 0.5) is 0 Å². The third-order valence-corrected chi connectivity index (χ3v) is 6.03. The molecule has 162 valence electrons. The van der Waals surface area contributed by atoms with Gasteiger partial charge >= 0.3 is 0 Å². The number of carbonyl (C=O) groups is 3. The lowest BCUT2D eigenvalue weighted by Gasteiger charge is -2.30. The van der Waals surface area contributed by atoms with Crippen molar-refractivity contribution >= 4 is 35.4 Å². The van der Waals surface area contributed by atoms with E-state index in [2.05, 4.69) is 0 Å². The highest BCUT2D eigenvalue weighted by molar-refractivity contribution is 6.30. The van der Waals surface area contributed by atoms with Gasteiger partial charge < -0.3 is 14.7 Å². The number of carbonyl (C=O) groups excluding carboxylic acids is 3.